The van der Waals surface area contributed by atoms with Gasteiger partial charge in [-0.25, -0.2) is 10.2 Å². The second-order valence-electron chi connectivity index (χ2n) is 5.62. The van der Waals surface area contributed by atoms with E-state index < -0.39 is 17.2 Å². The molecule has 0 spiro atoms. The third kappa shape index (κ3) is 2.91. The Morgan fingerprint density at radius 1 is 1.21 bits per heavy atom. The lowest BCUT2D eigenvalue weighted by Crippen LogP contribution is -2.34. The number of amides is 1. The smallest absolute Gasteiger partial charge is 0.270 e. The molecule has 0 aliphatic rings. The predicted octanol–water partition coefficient (Wildman–Crippen LogP) is 2.10. The molecule has 1 heterocycles. The highest BCUT2D eigenvalue weighted by Crippen LogP contribution is 2.16. The summed E-state index contributed by atoms with van der Waals surface area (Å²) in [5.41, 5.74) is 3.96. The van der Waals surface area contributed by atoms with Crippen LogP contribution in [0.25, 0.3) is 10.9 Å². The van der Waals surface area contributed by atoms with Crippen LogP contribution in [0.15, 0.2) is 53.5 Å². The van der Waals surface area contributed by atoms with Crippen LogP contribution in [0, 0.1) is 12.7 Å². The van der Waals surface area contributed by atoms with E-state index in [1.165, 1.54) is 18.3 Å². The number of halogens is 1. The van der Waals surface area contributed by atoms with Crippen LogP contribution in [0.5, 0.6) is 0 Å². The van der Waals surface area contributed by atoms with E-state index in [1.807, 2.05) is 36.6 Å². The predicted molar refractivity (Wildman–Crippen MR) is 90.1 cm³/mol. The van der Waals surface area contributed by atoms with E-state index in [2.05, 4.69) is 0 Å². The number of fused-ring (bicyclic) bond motifs is 1. The summed E-state index contributed by atoms with van der Waals surface area (Å²) in [6, 6.07) is 11.8. The van der Waals surface area contributed by atoms with Crippen molar-refractivity contribution in [2.75, 3.05) is 0 Å². The fraction of sp³-hybridized carbons (Fsp3) is 0.111. The van der Waals surface area contributed by atoms with Gasteiger partial charge in [-0.3, -0.25) is 15.0 Å². The van der Waals surface area contributed by atoms with Crippen molar-refractivity contribution < 1.29 is 9.18 Å². The molecule has 0 aliphatic heterocycles. The molecule has 0 aliphatic carbocycles. The standard InChI is InChI=1S/C18H16FN3O2/c1-11-2-4-12(5-3-11)9-22-10-15(18(24)21-20)17(23)14-8-13(19)6-7-16(14)22/h2-8,10H,9,20H2,1H3,(H,21,24). The van der Waals surface area contributed by atoms with Crippen molar-refractivity contribution >= 4 is 16.8 Å². The highest BCUT2D eigenvalue weighted by atomic mass is 19.1. The molecule has 1 amide bonds. The highest BCUT2D eigenvalue weighted by Gasteiger charge is 2.15. The Balaban J connectivity index is 2.21. The molecule has 0 bridgehead atoms. The number of hydrogen-bond donors (Lipinski definition) is 2. The number of carbonyl (C=O) groups excluding carboxylic acids is 1. The summed E-state index contributed by atoms with van der Waals surface area (Å²) in [5.74, 6) is 3.90. The van der Waals surface area contributed by atoms with Crippen molar-refractivity contribution in [3.8, 4) is 0 Å². The summed E-state index contributed by atoms with van der Waals surface area (Å²) in [4.78, 5) is 24.3. The van der Waals surface area contributed by atoms with Gasteiger partial charge in [-0.15, -0.1) is 0 Å². The molecule has 3 rings (SSSR count). The Morgan fingerprint density at radius 3 is 2.58 bits per heavy atom. The monoisotopic (exact) mass is 325 g/mol. The quantitative estimate of drug-likeness (QED) is 0.440. The number of nitrogens with two attached hydrogens (primary N) is 1. The van der Waals surface area contributed by atoms with Crippen molar-refractivity contribution in [2.24, 2.45) is 5.84 Å². The minimum Gasteiger partial charge on any atom is -0.342 e. The zero-order chi connectivity index (χ0) is 17.3. The van der Waals surface area contributed by atoms with Crippen molar-refractivity contribution in [2.45, 2.75) is 13.5 Å². The van der Waals surface area contributed by atoms with Gasteiger partial charge >= 0.3 is 0 Å². The number of pyridine rings is 1. The fourth-order valence-corrected chi connectivity index (χ4v) is 2.63. The second-order valence-corrected chi connectivity index (χ2v) is 5.62. The van der Waals surface area contributed by atoms with Crippen LogP contribution in [-0.2, 0) is 6.54 Å². The van der Waals surface area contributed by atoms with Crippen LogP contribution in [-0.4, -0.2) is 10.5 Å². The molecular weight excluding hydrogens is 309 g/mol. The number of carbonyl (C=O) groups is 1. The van der Waals surface area contributed by atoms with Crippen LogP contribution in [0.2, 0.25) is 0 Å². The van der Waals surface area contributed by atoms with Crippen molar-refractivity contribution in [3.05, 3.63) is 81.4 Å². The van der Waals surface area contributed by atoms with Gasteiger partial charge in [0.2, 0.25) is 5.43 Å². The average Bonchev–Trinajstić information content (AvgIpc) is 2.58. The molecule has 2 aromatic carbocycles. The molecule has 122 valence electrons. The van der Waals surface area contributed by atoms with Gasteiger partial charge in [0.05, 0.1) is 5.52 Å². The van der Waals surface area contributed by atoms with Crippen LogP contribution in [0.3, 0.4) is 0 Å². The minimum absolute atomic E-state index is 0.122. The number of aromatic nitrogens is 1. The van der Waals surface area contributed by atoms with E-state index in [9.17, 15) is 14.0 Å². The Hall–Kier alpha value is -2.99. The van der Waals surface area contributed by atoms with E-state index >= 15 is 0 Å². The van der Waals surface area contributed by atoms with E-state index in [0.29, 0.717) is 12.1 Å². The maximum absolute atomic E-state index is 13.6. The molecule has 24 heavy (non-hydrogen) atoms. The van der Waals surface area contributed by atoms with Gasteiger partial charge in [-0.1, -0.05) is 29.8 Å². The number of hydrazine groups is 1. The molecule has 3 aromatic rings. The molecule has 0 saturated carbocycles. The normalized spacial score (nSPS) is 10.8. The van der Waals surface area contributed by atoms with Crippen LogP contribution in [0.1, 0.15) is 21.5 Å². The van der Waals surface area contributed by atoms with E-state index in [-0.39, 0.29) is 10.9 Å². The Morgan fingerprint density at radius 2 is 1.92 bits per heavy atom. The number of nitrogens with one attached hydrogen (secondary N) is 1. The average molecular weight is 325 g/mol. The van der Waals surface area contributed by atoms with E-state index in [1.54, 1.807) is 4.57 Å². The molecule has 0 saturated heterocycles. The molecule has 3 N–H and O–H groups in total. The molecule has 0 unspecified atom stereocenters. The van der Waals surface area contributed by atoms with Crippen molar-refractivity contribution in [1.29, 1.82) is 0 Å². The minimum atomic E-state index is -0.705. The first-order valence-corrected chi connectivity index (χ1v) is 7.39. The number of nitrogen functional groups attached to an aromatic ring is 1. The summed E-state index contributed by atoms with van der Waals surface area (Å²) < 4.78 is 15.3. The van der Waals surface area contributed by atoms with E-state index in [0.717, 1.165) is 17.2 Å². The van der Waals surface area contributed by atoms with Gasteiger partial charge in [0, 0.05) is 18.1 Å². The van der Waals surface area contributed by atoms with Gasteiger partial charge in [0.15, 0.2) is 0 Å². The first-order chi connectivity index (χ1) is 11.5. The summed E-state index contributed by atoms with van der Waals surface area (Å²) in [5, 5.41) is 0.142. The molecule has 5 nitrogen and oxygen atoms in total. The lowest BCUT2D eigenvalue weighted by molar-refractivity contribution is 0.0952. The largest absolute Gasteiger partial charge is 0.342 e. The summed E-state index contributed by atoms with van der Waals surface area (Å²) in [7, 11) is 0. The van der Waals surface area contributed by atoms with Gasteiger partial charge in [0.1, 0.15) is 11.4 Å². The van der Waals surface area contributed by atoms with Crippen LogP contribution < -0.4 is 16.7 Å². The number of benzene rings is 2. The Bertz CT molecular complexity index is 978. The summed E-state index contributed by atoms with van der Waals surface area (Å²) in [6.45, 7) is 2.43. The SMILES string of the molecule is Cc1ccc(Cn2cc(C(=O)NN)c(=O)c3cc(F)ccc32)cc1. The molecule has 0 fully saturated rings. The second kappa shape index (κ2) is 6.25. The first kappa shape index (κ1) is 15.9. The molecule has 0 radical (unpaired) electrons. The van der Waals surface area contributed by atoms with Gasteiger partial charge < -0.3 is 4.57 Å². The number of nitrogens with zero attached hydrogens (tertiary/aromatic N) is 1. The first-order valence-electron chi connectivity index (χ1n) is 7.39. The number of aryl methyl sites for hydroxylation is 1. The molecule has 1 aromatic heterocycles. The van der Waals surface area contributed by atoms with Crippen molar-refractivity contribution in [3.63, 3.8) is 0 Å². The number of rotatable bonds is 3. The fourth-order valence-electron chi connectivity index (χ4n) is 2.63. The molecular formula is C18H16FN3O2. The third-order valence-electron chi connectivity index (χ3n) is 3.89. The van der Waals surface area contributed by atoms with Crippen LogP contribution >= 0.6 is 0 Å². The van der Waals surface area contributed by atoms with Gasteiger partial charge in [-0.2, -0.15) is 0 Å². The molecule has 6 heteroatoms. The van der Waals surface area contributed by atoms with Gasteiger partial charge in [0.25, 0.3) is 5.91 Å². The third-order valence-corrected chi connectivity index (χ3v) is 3.89. The lowest BCUT2D eigenvalue weighted by atomic mass is 10.1. The topological polar surface area (TPSA) is 77.1 Å². The Labute approximate surface area is 137 Å². The summed E-state index contributed by atoms with van der Waals surface area (Å²) in [6.07, 6.45) is 1.45. The highest BCUT2D eigenvalue weighted by molar-refractivity contribution is 5.97. The van der Waals surface area contributed by atoms with Crippen LogP contribution in [0.4, 0.5) is 4.39 Å². The number of hydrogen-bond acceptors (Lipinski definition) is 3. The maximum Gasteiger partial charge on any atom is 0.270 e. The van der Waals surface area contributed by atoms with Gasteiger partial charge in [-0.05, 0) is 30.7 Å². The van der Waals surface area contributed by atoms with E-state index in [4.69, 9.17) is 5.84 Å². The van der Waals surface area contributed by atoms with Crippen molar-refractivity contribution in [1.82, 2.24) is 9.99 Å². The lowest BCUT2D eigenvalue weighted by Gasteiger charge is -2.13. The summed E-state index contributed by atoms with van der Waals surface area (Å²) >= 11 is 0. The Kier molecular flexibility index (Phi) is 4.14. The maximum atomic E-state index is 13.6. The zero-order valence-corrected chi connectivity index (χ0v) is 13.0. The zero-order valence-electron chi connectivity index (χ0n) is 13.0. The molecule has 0 atom stereocenters.